The molecule has 1 saturated heterocycles. The van der Waals surface area contributed by atoms with Gasteiger partial charge in [-0.05, 0) is 24.5 Å². The van der Waals surface area contributed by atoms with Crippen LogP contribution >= 0.6 is 0 Å². The van der Waals surface area contributed by atoms with Gasteiger partial charge in [-0.1, -0.05) is 26.8 Å². The minimum atomic E-state index is -4.67. The second-order valence-electron chi connectivity index (χ2n) is 9.81. The van der Waals surface area contributed by atoms with E-state index in [1.807, 2.05) is 20.8 Å². The number of halogens is 4. The van der Waals surface area contributed by atoms with Crippen molar-refractivity contribution in [2.24, 2.45) is 0 Å². The zero-order chi connectivity index (χ0) is 26.2. The van der Waals surface area contributed by atoms with Crippen LogP contribution in [-0.4, -0.2) is 64.6 Å². The van der Waals surface area contributed by atoms with Gasteiger partial charge in [0, 0.05) is 49.9 Å². The molecule has 1 fully saturated rings. The fraction of sp³-hybridized carbons (Fsp3) is 0.560. The maximum atomic E-state index is 14.8. The maximum absolute atomic E-state index is 14.8. The van der Waals surface area contributed by atoms with Crippen LogP contribution in [0, 0.1) is 5.82 Å². The molecule has 2 heterocycles. The number of anilines is 1. The van der Waals surface area contributed by atoms with Crippen LogP contribution < -0.4 is 10.2 Å². The number of hydrogen-bond acceptors (Lipinski definition) is 6. The number of benzene rings is 1. The van der Waals surface area contributed by atoms with Crippen molar-refractivity contribution in [1.82, 2.24) is 20.2 Å². The normalized spacial score (nSPS) is 21.1. The highest BCUT2D eigenvalue weighted by molar-refractivity contribution is 5.84. The molecule has 1 aliphatic carbocycles. The predicted octanol–water partition coefficient (Wildman–Crippen LogP) is 3.61. The molecule has 36 heavy (non-hydrogen) atoms. The molecule has 0 spiro atoms. The molecule has 1 aromatic heterocycles. The number of aromatic nitrogens is 2. The molecule has 3 atom stereocenters. The Morgan fingerprint density at radius 3 is 2.50 bits per heavy atom. The van der Waals surface area contributed by atoms with Crippen molar-refractivity contribution in [2.75, 3.05) is 37.6 Å². The lowest BCUT2D eigenvalue weighted by Crippen LogP contribution is -2.51. The molecule has 0 bridgehead atoms. The molecule has 2 N–H and O–H groups in total. The Bertz CT molecular complexity index is 1100. The summed E-state index contributed by atoms with van der Waals surface area (Å²) in [7, 11) is 0. The lowest BCUT2D eigenvalue weighted by atomic mass is 9.94. The summed E-state index contributed by atoms with van der Waals surface area (Å²) >= 11 is 0. The SMILES string of the molecule is CC(C)NC[C@@H](C(=O)N1CCN(c2ncnc3c2[C@H](C)CC3O)CC1)c1ccc(C(F)(F)F)cc1F. The first-order valence-electron chi connectivity index (χ1n) is 12.1. The van der Waals surface area contributed by atoms with Crippen LogP contribution in [0.5, 0.6) is 0 Å². The molecule has 4 rings (SSSR count). The first-order chi connectivity index (χ1) is 17.0. The number of alkyl halides is 3. The molecule has 2 aliphatic rings. The number of nitrogens with one attached hydrogen (secondary N) is 1. The van der Waals surface area contributed by atoms with E-state index in [0.717, 1.165) is 23.5 Å². The molecule has 0 radical (unpaired) electrons. The second-order valence-corrected chi connectivity index (χ2v) is 9.81. The number of carbonyl (C=O) groups excluding carboxylic acids is 1. The maximum Gasteiger partial charge on any atom is 0.416 e. The number of carbonyl (C=O) groups is 1. The van der Waals surface area contributed by atoms with E-state index < -0.39 is 29.6 Å². The van der Waals surface area contributed by atoms with Gasteiger partial charge in [-0.25, -0.2) is 14.4 Å². The first-order valence-corrected chi connectivity index (χ1v) is 12.1. The van der Waals surface area contributed by atoms with Gasteiger partial charge in [0.1, 0.15) is 18.0 Å². The Morgan fingerprint density at radius 1 is 1.19 bits per heavy atom. The van der Waals surface area contributed by atoms with Crippen LogP contribution in [0.15, 0.2) is 24.5 Å². The van der Waals surface area contributed by atoms with Crippen LogP contribution in [0.1, 0.15) is 67.5 Å². The van der Waals surface area contributed by atoms with Crippen molar-refractivity contribution < 1.29 is 27.5 Å². The van der Waals surface area contributed by atoms with E-state index in [2.05, 4.69) is 20.2 Å². The van der Waals surface area contributed by atoms with Crippen molar-refractivity contribution in [1.29, 1.82) is 0 Å². The smallest absolute Gasteiger partial charge is 0.387 e. The molecule has 1 unspecified atom stereocenters. The first kappa shape index (κ1) is 26.3. The van der Waals surface area contributed by atoms with E-state index >= 15 is 0 Å². The molecule has 2 aromatic rings. The van der Waals surface area contributed by atoms with E-state index in [0.29, 0.717) is 44.4 Å². The Balaban J connectivity index is 1.51. The zero-order valence-corrected chi connectivity index (χ0v) is 20.5. The summed E-state index contributed by atoms with van der Waals surface area (Å²) in [5, 5.41) is 13.4. The van der Waals surface area contributed by atoms with E-state index in [1.165, 1.54) is 6.33 Å². The summed E-state index contributed by atoms with van der Waals surface area (Å²) in [6, 6.07) is 2.34. The Labute approximate surface area is 207 Å². The standard InChI is InChI=1S/C25H31F4N5O2/c1-14(2)30-12-18(17-5-4-16(11-19(17)26)25(27,28)29)24(36)34-8-6-33(7-9-34)23-21-15(3)10-20(35)22(21)31-13-32-23/h4-5,11,13-15,18,20,30,35H,6-10,12H2,1-3H3/t15-,18-,20?/m1/s1. The molecule has 7 nitrogen and oxygen atoms in total. The van der Waals surface area contributed by atoms with Crippen LogP contribution in [0.3, 0.4) is 0 Å². The van der Waals surface area contributed by atoms with E-state index in [4.69, 9.17) is 0 Å². The number of aliphatic hydroxyl groups excluding tert-OH is 1. The minimum absolute atomic E-state index is 0.00635. The highest BCUT2D eigenvalue weighted by Crippen LogP contribution is 2.43. The van der Waals surface area contributed by atoms with Crippen molar-refractivity contribution in [2.45, 2.75) is 57.3 Å². The zero-order valence-electron chi connectivity index (χ0n) is 20.5. The number of nitrogens with zero attached hydrogens (tertiary/aromatic N) is 4. The average molecular weight is 510 g/mol. The summed E-state index contributed by atoms with van der Waals surface area (Å²) in [5.74, 6) is -1.47. The quantitative estimate of drug-likeness (QED) is 0.580. The van der Waals surface area contributed by atoms with E-state index in [9.17, 15) is 27.5 Å². The Morgan fingerprint density at radius 2 is 1.89 bits per heavy atom. The fourth-order valence-corrected chi connectivity index (χ4v) is 4.98. The summed E-state index contributed by atoms with van der Waals surface area (Å²) in [6.45, 7) is 7.56. The van der Waals surface area contributed by atoms with Gasteiger partial charge in [0.25, 0.3) is 0 Å². The predicted molar refractivity (Wildman–Crippen MR) is 126 cm³/mol. The number of piperazine rings is 1. The van der Waals surface area contributed by atoms with Gasteiger partial charge in [-0.3, -0.25) is 4.79 Å². The van der Waals surface area contributed by atoms with Crippen LogP contribution in [0.4, 0.5) is 23.4 Å². The van der Waals surface area contributed by atoms with Crippen LogP contribution in [0.2, 0.25) is 0 Å². The van der Waals surface area contributed by atoms with Gasteiger partial charge in [0.2, 0.25) is 5.91 Å². The monoisotopic (exact) mass is 509 g/mol. The molecule has 1 aromatic carbocycles. The highest BCUT2D eigenvalue weighted by atomic mass is 19.4. The Hall–Kier alpha value is -2.79. The number of hydrogen-bond donors (Lipinski definition) is 2. The van der Waals surface area contributed by atoms with Crippen LogP contribution in [0.25, 0.3) is 0 Å². The van der Waals surface area contributed by atoms with Crippen molar-refractivity contribution in [3.63, 3.8) is 0 Å². The number of fused-ring (bicyclic) bond motifs is 1. The van der Waals surface area contributed by atoms with Gasteiger partial charge in [-0.15, -0.1) is 0 Å². The van der Waals surface area contributed by atoms with Crippen molar-refractivity contribution in [3.05, 3.63) is 52.7 Å². The number of amides is 1. The van der Waals surface area contributed by atoms with Gasteiger partial charge >= 0.3 is 6.18 Å². The lowest BCUT2D eigenvalue weighted by molar-refractivity contribution is -0.137. The summed E-state index contributed by atoms with van der Waals surface area (Å²) < 4.78 is 53.9. The average Bonchev–Trinajstić information content (AvgIpc) is 3.12. The topological polar surface area (TPSA) is 81.6 Å². The fourth-order valence-electron chi connectivity index (χ4n) is 4.98. The third kappa shape index (κ3) is 5.31. The van der Waals surface area contributed by atoms with Gasteiger partial charge in [-0.2, -0.15) is 13.2 Å². The van der Waals surface area contributed by atoms with Crippen molar-refractivity contribution in [3.8, 4) is 0 Å². The Kier molecular flexibility index (Phi) is 7.51. The van der Waals surface area contributed by atoms with E-state index in [1.54, 1.807) is 4.90 Å². The molecule has 0 saturated carbocycles. The molecular formula is C25H31F4N5O2. The van der Waals surface area contributed by atoms with Gasteiger partial charge < -0.3 is 20.2 Å². The minimum Gasteiger partial charge on any atom is -0.387 e. The number of rotatable bonds is 6. The summed E-state index contributed by atoms with van der Waals surface area (Å²) in [4.78, 5) is 25.9. The third-order valence-corrected chi connectivity index (χ3v) is 6.90. The molecule has 1 amide bonds. The third-order valence-electron chi connectivity index (χ3n) is 6.90. The highest BCUT2D eigenvalue weighted by Gasteiger charge is 2.36. The largest absolute Gasteiger partial charge is 0.416 e. The van der Waals surface area contributed by atoms with Crippen LogP contribution in [-0.2, 0) is 11.0 Å². The van der Waals surface area contributed by atoms with Gasteiger partial charge in [0.15, 0.2) is 0 Å². The lowest BCUT2D eigenvalue weighted by Gasteiger charge is -2.38. The second kappa shape index (κ2) is 10.3. The van der Waals surface area contributed by atoms with Crippen molar-refractivity contribution >= 4 is 11.7 Å². The molecule has 1 aliphatic heterocycles. The summed E-state index contributed by atoms with van der Waals surface area (Å²) in [5.41, 5.74) is 0.427. The van der Waals surface area contributed by atoms with E-state index in [-0.39, 0.29) is 30.0 Å². The number of aliphatic hydroxyl groups is 1. The van der Waals surface area contributed by atoms with Gasteiger partial charge in [0.05, 0.1) is 23.3 Å². The summed E-state index contributed by atoms with van der Waals surface area (Å²) in [6.07, 6.45) is -3.26. The molecule has 196 valence electrons. The molecule has 11 heteroatoms. The molecular weight excluding hydrogens is 478 g/mol.